The highest BCUT2D eigenvalue weighted by molar-refractivity contribution is 9.10. The predicted octanol–water partition coefficient (Wildman–Crippen LogP) is 2.87. The van der Waals surface area contributed by atoms with E-state index in [9.17, 15) is 12.8 Å². The van der Waals surface area contributed by atoms with Gasteiger partial charge >= 0.3 is 0 Å². The Bertz CT molecular complexity index is 789. The largest absolute Gasteiger partial charge is 0.399 e. The molecule has 2 rings (SSSR count). The second-order valence-corrected chi connectivity index (χ2v) is 6.84. The number of nitrogens with one attached hydrogen (secondary N) is 1. The Morgan fingerprint density at radius 3 is 2.52 bits per heavy atom. The van der Waals surface area contributed by atoms with Crippen LogP contribution in [0.15, 0.2) is 39.7 Å². The van der Waals surface area contributed by atoms with Gasteiger partial charge in [0.1, 0.15) is 5.82 Å². The van der Waals surface area contributed by atoms with Crippen LogP contribution in [0, 0.1) is 12.7 Å². The minimum absolute atomic E-state index is 0.0996. The number of hydrogen-bond acceptors (Lipinski definition) is 4. The van der Waals surface area contributed by atoms with Crippen LogP contribution in [-0.2, 0) is 10.0 Å². The van der Waals surface area contributed by atoms with Crippen LogP contribution in [0.3, 0.4) is 0 Å². The van der Waals surface area contributed by atoms with Gasteiger partial charge in [0.15, 0.2) is 0 Å². The number of nitrogens with two attached hydrogens (primary N) is 2. The summed E-state index contributed by atoms with van der Waals surface area (Å²) in [7, 11) is -3.92. The van der Waals surface area contributed by atoms with Gasteiger partial charge in [-0.15, -0.1) is 0 Å². The standard InChI is InChI=1S/C13H13BrFN3O2S/c1-7-11(5-8(16)6-12(7)21(17,19)20)18-13-9(14)3-2-4-10(13)15/h2-6,18H,16H2,1H3,(H2,17,19,20). The lowest BCUT2D eigenvalue weighted by Crippen LogP contribution is -2.15. The zero-order valence-electron chi connectivity index (χ0n) is 11.0. The zero-order chi connectivity index (χ0) is 15.8. The first kappa shape index (κ1) is 15.7. The van der Waals surface area contributed by atoms with Crippen LogP contribution >= 0.6 is 15.9 Å². The van der Waals surface area contributed by atoms with Crippen LogP contribution in [0.1, 0.15) is 5.56 Å². The highest BCUT2D eigenvalue weighted by Gasteiger charge is 2.17. The number of benzene rings is 2. The number of primary sulfonamides is 1. The second kappa shape index (κ2) is 5.63. The quantitative estimate of drug-likeness (QED) is 0.720. The maximum absolute atomic E-state index is 13.8. The Balaban J connectivity index is 2.58. The van der Waals surface area contributed by atoms with E-state index in [0.29, 0.717) is 15.7 Å². The van der Waals surface area contributed by atoms with Gasteiger partial charge in [-0.3, -0.25) is 0 Å². The van der Waals surface area contributed by atoms with E-state index >= 15 is 0 Å². The summed E-state index contributed by atoms with van der Waals surface area (Å²) in [6.45, 7) is 1.57. The van der Waals surface area contributed by atoms with Gasteiger partial charge in [0.05, 0.1) is 10.6 Å². The minimum atomic E-state index is -3.92. The van der Waals surface area contributed by atoms with Crippen molar-refractivity contribution in [2.45, 2.75) is 11.8 Å². The molecule has 0 spiro atoms. The van der Waals surface area contributed by atoms with Crippen molar-refractivity contribution in [1.29, 1.82) is 0 Å². The molecule has 2 aromatic rings. The van der Waals surface area contributed by atoms with Gasteiger partial charge in [-0.2, -0.15) is 0 Å². The van der Waals surface area contributed by atoms with Crippen LogP contribution < -0.4 is 16.2 Å². The molecule has 0 atom stereocenters. The molecule has 2 aromatic carbocycles. The third kappa shape index (κ3) is 3.34. The van der Waals surface area contributed by atoms with E-state index < -0.39 is 15.8 Å². The van der Waals surface area contributed by atoms with Gasteiger partial charge in [-0.1, -0.05) is 6.07 Å². The van der Waals surface area contributed by atoms with E-state index in [2.05, 4.69) is 21.2 Å². The molecule has 0 aromatic heterocycles. The Hall–Kier alpha value is -1.64. The molecule has 5 N–H and O–H groups in total. The summed E-state index contributed by atoms with van der Waals surface area (Å²) in [6.07, 6.45) is 0. The maximum Gasteiger partial charge on any atom is 0.238 e. The molecule has 8 heteroatoms. The summed E-state index contributed by atoms with van der Waals surface area (Å²) in [5.74, 6) is -0.483. The van der Waals surface area contributed by atoms with Crippen molar-refractivity contribution < 1.29 is 12.8 Å². The number of hydrogen-bond donors (Lipinski definition) is 3. The van der Waals surface area contributed by atoms with Gasteiger partial charge in [0.25, 0.3) is 0 Å². The van der Waals surface area contributed by atoms with E-state index in [4.69, 9.17) is 10.9 Å². The summed E-state index contributed by atoms with van der Waals surface area (Å²) in [4.78, 5) is -0.0996. The number of para-hydroxylation sites is 1. The molecule has 0 aliphatic carbocycles. The van der Waals surface area contributed by atoms with Crippen LogP contribution in [0.5, 0.6) is 0 Å². The Morgan fingerprint density at radius 1 is 1.29 bits per heavy atom. The Morgan fingerprint density at radius 2 is 1.95 bits per heavy atom. The van der Waals surface area contributed by atoms with Gasteiger partial charge in [0.2, 0.25) is 10.0 Å². The zero-order valence-corrected chi connectivity index (χ0v) is 13.4. The summed E-state index contributed by atoms with van der Waals surface area (Å²) >= 11 is 3.23. The fourth-order valence-corrected chi connectivity index (χ4v) is 3.16. The van der Waals surface area contributed by atoms with Crippen molar-refractivity contribution in [3.8, 4) is 0 Å². The molecule has 0 amide bonds. The van der Waals surface area contributed by atoms with E-state index in [1.807, 2.05) is 0 Å². The predicted molar refractivity (Wildman–Crippen MR) is 84.3 cm³/mol. The first-order valence-electron chi connectivity index (χ1n) is 5.84. The molecular weight excluding hydrogens is 361 g/mol. The monoisotopic (exact) mass is 373 g/mol. The summed E-state index contributed by atoms with van der Waals surface area (Å²) in [5, 5.41) is 7.99. The highest BCUT2D eigenvalue weighted by Crippen LogP contribution is 2.33. The molecule has 21 heavy (non-hydrogen) atoms. The topological polar surface area (TPSA) is 98.2 Å². The van der Waals surface area contributed by atoms with E-state index in [-0.39, 0.29) is 16.3 Å². The normalized spacial score (nSPS) is 11.4. The van der Waals surface area contributed by atoms with Crippen molar-refractivity contribution >= 4 is 43.0 Å². The molecule has 0 radical (unpaired) electrons. The molecule has 0 fully saturated rings. The van der Waals surface area contributed by atoms with Crippen LogP contribution in [0.4, 0.5) is 21.5 Å². The molecule has 0 saturated heterocycles. The number of halogens is 2. The number of anilines is 3. The smallest absolute Gasteiger partial charge is 0.238 e. The first-order chi connectivity index (χ1) is 9.70. The van der Waals surface area contributed by atoms with Gasteiger partial charge in [0, 0.05) is 15.8 Å². The fraction of sp³-hybridized carbons (Fsp3) is 0.0769. The molecule has 0 aliphatic heterocycles. The molecule has 112 valence electrons. The van der Waals surface area contributed by atoms with Crippen molar-refractivity contribution in [3.63, 3.8) is 0 Å². The number of nitrogen functional groups attached to an aromatic ring is 1. The summed E-state index contributed by atoms with van der Waals surface area (Å²) in [5.41, 5.74) is 6.81. The van der Waals surface area contributed by atoms with Crippen molar-refractivity contribution in [2.24, 2.45) is 5.14 Å². The van der Waals surface area contributed by atoms with Crippen LogP contribution in [0.2, 0.25) is 0 Å². The van der Waals surface area contributed by atoms with Gasteiger partial charge in [-0.05, 0) is 52.7 Å². The summed E-state index contributed by atoms with van der Waals surface area (Å²) in [6, 6.07) is 7.28. The van der Waals surface area contributed by atoms with Crippen LogP contribution in [-0.4, -0.2) is 8.42 Å². The van der Waals surface area contributed by atoms with Crippen LogP contribution in [0.25, 0.3) is 0 Å². The SMILES string of the molecule is Cc1c(Nc2c(F)cccc2Br)cc(N)cc1S(N)(=O)=O. The molecule has 0 aliphatic rings. The molecule has 0 unspecified atom stereocenters. The Labute approximate surface area is 130 Å². The van der Waals surface area contributed by atoms with Crippen molar-refractivity contribution in [1.82, 2.24) is 0 Å². The molecule has 5 nitrogen and oxygen atoms in total. The lowest BCUT2D eigenvalue weighted by atomic mass is 10.1. The van der Waals surface area contributed by atoms with Gasteiger partial charge < -0.3 is 11.1 Å². The van der Waals surface area contributed by atoms with Crippen molar-refractivity contribution in [3.05, 3.63) is 46.2 Å². The minimum Gasteiger partial charge on any atom is -0.399 e. The number of rotatable bonds is 3. The lowest BCUT2D eigenvalue weighted by Gasteiger charge is -2.15. The third-order valence-corrected chi connectivity index (χ3v) is 4.61. The molecule has 0 saturated carbocycles. The van der Waals surface area contributed by atoms with E-state index in [1.54, 1.807) is 19.1 Å². The fourth-order valence-electron chi connectivity index (χ4n) is 1.89. The van der Waals surface area contributed by atoms with Crippen molar-refractivity contribution in [2.75, 3.05) is 11.1 Å². The third-order valence-electron chi connectivity index (χ3n) is 2.91. The van der Waals surface area contributed by atoms with E-state index in [1.165, 1.54) is 18.2 Å². The molecular formula is C13H13BrFN3O2S. The molecule has 0 bridgehead atoms. The highest BCUT2D eigenvalue weighted by atomic mass is 79.9. The second-order valence-electron chi connectivity index (χ2n) is 4.46. The Kier molecular flexibility index (Phi) is 4.22. The summed E-state index contributed by atoms with van der Waals surface area (Å²) < 4.78 is 37.4. The lowest BCUT2D eigenvalue weighted by molar-refractivity contribution is 0.597. The maximum atomic E-state index is 13.8. The first-order valence-corrected chi connectivity index (χ1v) is 8.18. The number of sulfonamides is 1. The average Bonchev–Trinajstić information content (AvgIpc) is 2.36. The van der Waals surface area contributed by atoms with E-state index in [0.717, 1.165) is 0 Å². The average molecular weight is 374 g/mol. The molecule has 0 heterocycles. The van der Waals surface area contributed by atoms with Gasteiger partial charge in [-0.25, -0.2) is 17.9 Å².